The number of benzene rings is 2. The minimum absolute atomic E-state index is 0.0264. The second kappa shape index (κ2) is 12.2. The number of amides is 3. The molecule has 3 aliphatic heterocycles. The smallest absolute Gasteiger partial charge is 0.237 e. The van der Waals surface area contributed by atoms with E-state index in [0.29, 0.717) is 38.5 Å². The van der Waals surface area contributed by atoms with Crippen LogP contribution in [0.5, 0.6) is 0 Å². The topological polar surface area (TPSA) is 95.1 Å². The normalized spacial score (nSPS) is 22.0. The van der Waals surface area contributed by atoms with Crippen LogP contribution in [-0.4, -0.2) is 78.0 Å². The molecule has 5 rings (SSSR count). The first-order valence-corrected chi connectivity index (χ1v) is 17.2. The fourth-order valence-corrected chi connectivity index (χ4v) is 8.06. The van der Waals surface area contributed by atoms with Gasteiger partial charge in [0.1, 0.15) is 5.37 Å². The van der Waals surface area contributed by atoms with Crippen molar-refractivity contribution in [2.45, 2.75) is 74.1 Å². The van der Waals surface area contributed by atoms with Gasteiger partial charge in [-0.05, 0) is 54.0 Å². The van der Waals surface area contributed by atoms with Gasteiger partial charge in [-0.2, -0.15) is 0 Å². The Bertz CT molecular complexity index is 1400. The molecule has 0 radical (unpaired) electrons. The van der Waals surface area contributed by atoms with Gasteiger partial charge in [0, 0.05) is 44.9 Å². The average molecular weight is 598 g/mol. The Balaban J connectivity index is 1.21. The van der Waals surface area contributed by atoms with E-state index in [1.807, 2.05) is 32.9 Å². The lowest BCUT2D eigenvalue weighted by Gasteiger charge is -2.40. The Hall–Kier alpha value is -2.85. The van der Waals surface area contributed by atoms with Gasteiger partial charge in [0.05, 0.1) is 16.6 Å². The number of piperidine rings is 1. The first-order valence-electron chi connectivity index (χ1n) is 14.4. The summed E-state index contributed by atoms with van der Waals surface area (Å²) in [6, 6.07) is 14.9. The molecule has 10 heteroatoms. The number of sulfone groups is 1. The minimum Gasteiger partial charge on any atom is -0.342 e. The predicted octanol–water partition coefficient (Wildman–Crippen LogP) is 4.04. The number of fused-ring (bicyclic) bond motifs is 1. The molecule has 220 valence electrons. The Morgan fingerprint density at radius 2 is 1.66 bits per heavy atom. The molecule has 0 aliphatic carbocycles. The van der Waals surface area contributed by atoms with Gasteiger partial charge in [-0.1, -0.05) is 50.2 Å². The third-order valence-electron chi connectivity index (χ3n) is 8.41. The SMILES string of the molecule is CC(C)CCN1C(=O)C(CC(=O)N2CCC(N3Cc4ccccc4CC3=O)CC2)SC1c1ccc(S(C)(=O)=O)cc1. The van der Waals surface area contributed by atoms with E-state index in [9.17, 15) is 22.8 Å². The van der Waals surface area contributed by atoms with Crippen LogP contribution in [0.25, 0.3) is 0 Å². The van der Waals surface area contributed by atoms with E-state index >= 15 is 0 Å². The van der Waals surface area contributed by atoms with Crippen LogP contribution in [-0.2, 0) is 37.2 Å². The molecule has 41 heavy (non-hydrogen) atoms. The Morgan fingerprint density at radius 3 is 2.29 bits per heavy atom. The molecule has 2 fully saturated rings. The van der Waals surface area contributed by atoms with Gasteiger partial charge < -0.3 is 14.7 Å². The van der Waals surface area contributed by atoms with E-state index in [4.69, 9.17) is 0 Å². The van der Waals surface area contributed by atoms with Crippen molar-refractivity contribution in [1.29, 1.82) is 0 Å². The summed E-state index contributed by atoms with van der Waals surface area (Å²) in [6.07, 6.45) is 4.07. The van der Waals surface area contributed by atoms with Crippen LogP contribution in [0, 0.1) is 5.92 Å². The van der Waals surface area contributed by atoms with E-state index in [-0.39, 0.29) is 40.5 Å². The number of likely N-dealkylation sites (tertiary alicyclic amines) is 1. The van der Waals surface area contributed by atoms with Gasteiger partial charge in [0.25, 0.3) is 0 Å². The zero-order valence-electron chi connectivity index (χ0n) is 24.0. The predicted molar refractivity (Wildman–Crippen MR) is 160 cm³/mol. The van der Waals surface area contributed by atoms with Crippen molar-refractivity contribution in [3.05, 3.63) is 65.2 Å². The van der Waals surface area contributed by atoms with Crippen molar-refractivity contribution in [1.82, 2.24) is 14.7 Å². The highest BCUT2D eigenvalue weighted by atomic mass is 32.2. The lowest BCUT2D eigenvalue weighted by Crippen LogP contribution is -2.50. The van der Waals surface area contributed by atoms with Crippen LogP contribution in [0.15, 0.2) is 53.4 Å². The van der Waals surface area contributed by atoms with Crippen molar-refractivity contribution in [2.75, 3.05) is 25.9 Å². The third kappa shape index (κ3) is 6.64. The second-order valence-electron chi connectivity index (χ2n) is 11.8. The molecule has 2 saturated heterocycles. The number of hydrogen-bond acceptors (Lipinski definition) is 6. The lowest BCUT2D eigenvalue weighted by atomic mass is 9.95. The molecule has 3 aliphatic rings. The van der Waals surface area contributed by atoms with Crippen LogP contribution in [0.4, 0.5) is 0 Å². The average Bonchev–Trinajstić information content (AvgIpc) is 3.25. The zero-order valence-corrected chi connectivity index (χ0v) is 25.6. The van der Waals surface area contributed by atoms with Crippen LogP contribution >= 0.6 is 11.8 Å². The summed E-state index contributed by atoms with van der Waals surface area (Å²) in [7, 11) is -3.31. The van der Waals surface area contributed by atoms with Crippen molar-refractivity contribution in [3.8, 4) is 0 Å². The molecule has 0 aromatic heterocycles. The van der Waals surface area contributed by atoms with Gasteiger partial charge in [0.15, 0.2) is 9.84 Å². The molecule has 2 atom stereocenters. The van der Waals surface area contributed by atoms with Crippen LogP contribution in [0.3, 0.4) is 0 Å². The van der Waals surface area contributed by atoms with Gasteiger partial charge in [0.2, 0.25) is 17.7 Å². The van der Waals surface area contributed by atoms with Crippen LogP contribution in [0.2, 0.25) is 0 Å². The van der Waals surface area contributed by atoms with E-state index in [1.165, 1.54) is 23.6 Å². The van der Waals surface area contributed by atoms with Crippen molar-refractivity contribution < 1.29 is 22.8 Å². The molecule has 2 aromatic rings. The van der Waals surface area contributed by atoms with Gasteiger partial charge in [-0.15, -0.1) is 11.8 Å². The zero-order chi connectivity index (χ0) is 29.3. The van der Waals surface area contributed by atoms with E-state index in [1.54, 1.807) is 24.3 Å². The molecule has 3 heterocycles. The maximum atomic E-state index is 13.5. The Morgan fingerprint density at radius 1 is 1.00 bits per heavy atom. The van der Waals surface area contributed by atoms with Crippen molar-refractivity contribution in [2.24, 2.45) is 5.92 Å². The van der Waals surface area contributed by atoms with E-state index < -0.39 is 15.1 Å². The van der Waals surface area contributed by atoms with Crippen LogP contribution in [0.1, 0.15) is 61.6 Å². The highest BCUT2D eigenvalue weighted by molar-refractivity contribution is 8.01. The number of nitrogens with zero attached hydrogens (tertiary/aromatic N) is 3. The Labute approximate surface area is 247 Å². The molecule has 2 unspecified atom stereocenters. The van der Waals surface area contributed by atoms with Crippen molar-refractivity contribution in [3.63, 3.8) is 0 Å². The summed E-state index contributed by atoms with van der Waals surface area (Å²) in [5.74, 6) is 0.511. The number of carbonyl (C=O) groups excluding carboxylic acids is 3. The summed E-state index contributed by atoms with van der Waals surface area (Å²) in [5, 5.41) is -0.737. The fourth-order valence-electron chi connectivity index (χ4n) is 5.95. The standard InChI is InChI=1S/C31H39N3O5S2/c1-21(2)12-17-33-30(37)27(40-31(33)22-8-10-26(11-9-22)41(3,38)39)19-28(35)32-15-13-25(14-16-32)34-20-24-7-5-4-6-23(24)18-29(34)36/h4-11,21,25,27,31H,12-20H2,1-3H3. The summed E-state index contributed by atoms with van der Waals surface area (Å²) < 4.78 is 23.9. The summed E-state index contributed by atoms with van der Waals surface area (Å²) >= 11 is 1.48. The van der Waals surface area contributed by atoms with E-state index in [0.717, 1.165) is 30.4 Å². The maximum Gasteiger partial charge on any atom is 0.237 e. The molecular formula is C31H39N3O5S2. The van der Waals surface area contributed by atoms with Gasteiger partial charge in [-0.3, -0.25) is 14.4 Å². The Kier molecular flexibility index (Phi) is 8.80. The molecule has 0 spiro atoms. The third-order valence-corrected chi connectivity index (χ3v) is 11.0. The van der Waals surface area contributed by atoms with Crippen LogP contribution < -0.4 is 0 Å². The summed E-state index contributed by atoms with van der Waals surface area (Å²) in [6.45, 7) is 6.60. The lowest BCUT2D eigenvalue weighted by molar-refractivity contribution is -0.139. The highest BCUT2D eigenvalue weighted by Gasteiger charge is 2.43. The molecule has 0 N–H and O–H groups in total. The molecular weight excluding hydrogens is 558 g/mol. The first-order chi connectivity index (χ1) is 19.5. The number of hydrogen-bond donors (Lipinski definition) is 0. The maximum absolute atomic E-state index is 13.5. The number of thioether (sulfide) groups is 1. The molecule has 8 nitrogen and oxygen atoms in total. The molecule has 0 bridgehead atoms. The summed E-state index contributed by atoms with van der Waals surface area (Å²) in [4.78, 5) is 45.7. The largest absolute Gasteiger partial charge is 0.342 e. The quantitative estimate of drug-likeness (QED) is 0.456. The second-order valence-corrected chi connectivity index (χ2v) is 15.1. The summed E-state index contributed by atoms with van der Waals surface area (Å²) in [5.41, 5.74) is 3.17. The minimum atomic E-state index is -3.31. The number of carbonyl (C=O) groups is 3. The van der Waals surface area contributed by atoms with Gasteiger partial charge >= 0.3 is 0 Å². The molecule has 3 amide bonds. The van der Waals surface area contributed by atoms with Crippen molar-refractivity contribution >= 4 is 39.3 Å². The monoisotopic (exact) mass is 597 g/mol. The fraction of sp³-hybridized carbons (Fsp3) is 0.516. The van der Waals surface area contributed by atoms with E-state index in [2.05, 4.69) is 19.9 Å². The first kappa shape index (κ1) is 29.6. The molecule has 0 saturated carbocycles. The van der Waals surface area contributed by atoms with Gasteiger partial charge in [-0.25, -0.2) is 8.42 Å². The highest BCUT2D eigenvalue weighted by Crippen LogP contribution is 2.45. The number of rotatable bonds is 8. The molecule has 2 aromatic carbocycles.